The molecule has 138 valence electrons. The minimum Gasteiger partial charge on any atom is -0.481 e. The molecule has 7 nitrogen and oxygen atoms in total. The summed E-state index contributed by atoms with van der Waals surface area (Å²) in [5.41, 5.74) is 1.17. The van der Waals surface area contributed by atoms with Gasteiger partial charge in [0.15, 0.2) is 0 Å². The van der Waals surface area contributed by atoms with E-state index in [1.165, 1.54) is 4.90 Å². The largest absolute Gasteiger partial charge is 0.481 e. The van der Waals surface area contributed by atoms with Crippen molar-refractivity contribution in [2.45, 2.75) is 33.7 Å². The van der Waals surface area contributed by atoms with Crippen LogP contribution in [0.4, 0.5) is 10.5 Å². The second-order valence-corrected chi connectivity index (χ2v) is 7.72. The van der Waals surface area contributed by atoms with Gasteiger partial charge in [-0.15, -0.1) is 0 Å². The third-order valence-electron chi connectivity index (χ3n) is 4.85. The van der Waals surface area contributed by atoms with Crippen LogP contribution in [-0.4, -0.2) is 34.1 Å². The number of hydrogen-bond donors (Lipinski definition) is 2. The number of anilines is 1. The monoisotopic (exact) mass is 357 g/mol. The quantitative estimate of drug-likeness (QED) is 0.880. The molecule has 2 aromatic rings. The summed E-state index contributed by atoms with van der Waals surface area (Å²) in [6, 6.07) is 7.10. The Kier molecular flexibility index (Phi) is 4.48. The molecule has 2 heterocycles. The van der Waals surface area contributed by atoms with Gasteiger partial charge >= 0.3 is 12.0 Å². The van der Waals surface area contributed by atoms with Crippen molar-refractivity contribution >= 4 is 34.5 Å². The van der Waals surface area contributed by atoms with Crippen LogP contribution in [-0.2, 0) is 16.1 Å². The molecule has 1 aliphatic heterocycles. The van der Waals surface area contributed by atoms with Gasteiger partial charge in [-0.05, 0) is 29.0 Å². The number of aliphatic carboxylic acids is 1. The number of urea groups is 1. The Hall–Kier alpha value is -2.83. The lowest BCUT2D eigenvalue weighted by Crippen LogP contribution is -2.49. The maximum Gasteiger partial charge on any atom is 0.328 e. The standard InChI is InChI=1S/C19H23N3O4/c1-19(2,3)14(17(24)25)11-21-8-6-12-4-5-13(10-15(12)21)22-9-7-16(23)20-18(22)26/h4-6,8,10,14H,7,9,11H2,1-3H3,(H,24,25)(H,20,23,26). The molecule has 7 heteroatoms. The lowest BCUT2D eigenvalue weighted by Gasteiger charge is -2.28. The summed E-state index contributed by atoms with van der Waals surface area (Å²) in [4.78, 5) is 36.6. The highest BCUT2D eigenvalue weighted by atomic mass is 16.4. The zero-order valence-corrected chi connectivity index (χ0v) is 15.2. The average molecular weight is 357 g/mol. The van der Waals surface area contributed by atoms with Crippen molar-refractivity contribution in [3.8, 4) is 0 Å². The first kappa shape index (κ1) is 18.0. The molecule has 1 aromatic heterocycles. The number of benzene rings is 1. The van der Waals surface area contributed by atoms with Gasteiger partial charge in [0.25, 0.3) is 0 Å². The number of aromatic nitrogens is 1. The first-order chi connectivity index (χ1) is 12.2. The van der Waals surface area contributed by atoms with Gasteiger partial charge in [0.2, 0.25) is 5.91 Å². The molecule has 0 spiro atoms. The van der Waals surface area contributed by atoms with Gasteiger partial charge in [-0.2, -0.15) is 0 Å². The Bertz CT molecular complexity index is 879. The maximum atomic E-state index is 12.1. The number of carbonyl (C=O) groups is 3. The van der Waals surface area contributed by atoms with E-state index in [0.717, 1.165) is 10.9 Å². The normalized spacial score (nSPS) is 16.7. The third-order valence-corrected chi connectivity index (χ3v) is 4.85. The molecule has 3 amide bonds. The van der Waals surface area contributed by atoms with Crippen molar-refractivity contribution in [1.29, 1.82) is 0 Å². The van der Waals surface area contributed by atoms with Gasteiger partial charge in [0, 0.05) is 31.4 Å². The van der Waals surface area contributed by atoms with Gasteiger partial charge in [0.05, 0.1) is 11.4 Å². The van der Waals surface area contributed by atoms with Crippen LogP contribution in [0, 0.1) is 11.3 Å². The van der Waals surface area contributed by atoms with Crippen molar-refractivity contribution in [2.24, 2.45) is 11.3 Å². The summed E-state index contributed by atoms with van der Waals surface area (Å²) < 4.78 is 1.91. The smallest absolute Gasteiger partial charge is 0.328 e. The summed E-state index contributed by atoms with van der Waals surface area (Å²) in [7, 11) is 0. The molecule has 2 N–H and O–H groups in total. The van der Waals surface area contributed by atoms with Crippen molar-refractivity contribution in [3.63, 3.8) is 0 Å². The highest BCUT2D eigenvalue weighted by Gasteiger charge is 2.32. The molecule has 1 aliphatic rings. The molecule has 0 saturated carbocycles. The molecule has 0 bridgehead atoms. The number of hydrogen-bond acceptors (Lipinski definition) is 3. The number of rotatable bonds is 4. The molecule has 3 rings (SSSR count). The minimum absolute atomic E-state index is 0.260. The Labute approximate surface area is 151 Å². The van der Waals surface area contributed by atoms with E-state index in [0.29, 0.717) is 18.8 Å². The molecule has 1 atom stereocenters. The van der Waals surface area contributed by atoms with Crippen LogP contribution < -0.4 is 10.2 Å². The topological polar surface area (TPSA) is 91.6 Å². The molecule has 0 radical (unpaired) electrons. The Morgan fingerprint density at radius 3 is 2.62 bits per heavy atom. The molecular weight excluding hydrogens is 334 g/mol. The van der Waals surface area contributed by atoms with Gasteiger partial charge < -0.3 is 9.67 Å². The van der Waals surface area contributed by atoms with Crippen molar-refractivity contribution in [3.05, 3.63) is 30.5 Å². The predicted molar refractivity (Wildman–Crippen MR) is 98.0 cm³/mol. The summed E-state index contributed by atoms with van der Waals surface area (Å²) in [5, 5.41) is 12.9. The van der Waals surface area contributed by atoms with Crippen molar-refractivity contribution in [1.82, 2.24) is 9.88 Å². The predicted octanol–water partition coefficient (Wildman–Crippen LogP) is 2.83. The fourth-order valence-corrected chi connectivity index (χ4v) is 3.23. The van der Waals surface area contributed by atoms with Crippen molar-refractivity contribution in [2.75, 3.05) is 11.4 Å². The molecule has 0 aliphatic carbocycles. The highest BCUT2D eigenvalue weighted by molar-refractivity contribution is 6.06. The molecule has 1 unspecified atom stereocenters. The third kappa shape index (κ3) is 3.42. The number of nitrogens with zero attached hydrogens (tertiary/aromatic N) is 2. The van der Waals surface area contributed by atoms with E-state index in [2.05, 4.69) is 5.32 Å². The van der Waals surface area contributed by atoms with Gasteiger partial charge in [0.1, 0.15) is 0 Å². The second-order valence-electron chi connectivity index (χ2n) is 7.72. The van der Waals surface area contributed by atoms with Crippen molar-refractivity contribution < 1.29 is 19.5 Å². The second kappa shape index (κ2) is 6.48. The molecule has 1 aromatic carbocycles. The highest BCUT2D eigenvalue weighted by Crippen LogP contribution is 2.30. The molecule has 1 saturated heterocycles. The number of carboxylic acids is 1. The summed E-state index contributed by atoms with van der Waals surface area (Å²) in [6.07, 6.45) is 2.13. The lowest BCUT2D eigenvalue weighted by atomic mass is 9.80. The van der Waals surface area contributed by atoms with Gasteiger partial charge in [-0.1, -0.05) is 26.8 Å². The summed E-state index contributed by atoms with van der Waals surface area (Å²) >= 11 is 0. The number of carboxylic acid groups (broad SMARTS) is 1. The van der Waals surface area contributed by atoms with E-state index in [9.17, 15) is 19.5 Å². The van der Waals surface area contributed by atoms with Crippen LogP contribution in [0.15, 0.2) is 30.5 Å². The maximum absolute atomic E-state index is 12.1. The minimum atomic E-state index is -0.829. The zero-order valence-electron chi connectivity index (χ0n) is 15.2. The number of fused-ring (bicyclic) bond motifs is 1. The van der Waals surface area contributed by atoms with Crippen LogP contribution in [0.1, 0.15) is 27.2 Å². The van der Waals surface area contributed by atoms with E-state index in [1.54, 1.807) is 0 Å². The van der Waals surface area contributed by atoms with Crippen LogP contribution >= 0.6 is 0 Å². The van der Waals surface area contributed by atoms with E-state index in [4.69, 9.17) is 0 Å². The van der Waals surface area contributed by atoms with Gasteiger partial charge in [-0.3, -0.25) is 19.8 Å². The van der Waals surface area contributed by atoms with Crippen LogP contribution in [0.5, 0.6) is 0 Å². The number of carbonyl (C=O) groups excluding carboxylic acids is 2. The SMILES string of the molecule is CC(C)(C)C(Cn1ccc2ccc(N3CCC(=O)NC3=O)cc21)C(=O)O. The van der Waals surface area contributed by atoms with E-state index >= 15 is 0 Å². The lowest BCUT2D eigenvalue weighted by molar-refractivity contribution is -0.146. The zero-order chi connectivity index (χ0) is 19.1. The molecular formula is C19H23N3O4. The fourth-order valence-electron chi connectivity index (χ4n) is 3.23. The number of amides is 3. The Balaban J connectivity index is 1.95. The van der Waals surface area contributed by atoms with Crippen LogP contribution in [0.3, 0.4) is 0 Å². The Morgan fingerprint density at radius 2 is 2.00 bits per heavy atom. The average Bonchev–Trinajstić information content (AvgIpc) is 2.93. The number of imide groups is 1. The molecule has 26 heavy (non-hydrogen) atoms. The van der Waals surface area contributed by atoms with Crippen LogP contribution in [0.2, 0.25) is 0 Å². The van der Waals surface area contributed by atoms with Crippen LogP contribution in [0.25, 0.3) is 10.9 Å². The first-order valence-corrected chi connectivity index (χ1v) is 8.60. The first-order valence-electron chi connectivity index (χ1n) is 8.60. The molecule has 1 fully saturated rings. The van der Waals surface area contributed by atoms with E-state index < -0.39 is 17.9 Å². The fraction of sp³-hybridized carbons (Fsp3) is 0.421. The van der Waals surface area contributed by atoms with E-state index in [-0.39, 0.29) is 17.7 Å². The summed E-state index contributed by atoms with van der Waals surface area (Å²) in [6.45, 7) is 6.42. The van der Waals surface area contributed by atoms with E-state index in [1.807, 2.05) is 55.8 Å². The summed E-state index contributed by atoms with van der Waals surface area (Å²) in [5.74, 6) is -1.65. The Morgan fingerprint density at radius 1 is 1.27 bits per heavy atom. The number of nitrogens with one attached hydrogen (secondary N) is 1. The van der Waals surface area contributed by atoms with Gasteiger partial charge in [-0.25, -0.2) is 4.79 Å².